The van der Waals surface area contributed by atoms with E-state index in [1.54, 1.807) is 0 Å². The van der Waals surface area contributed by atoms with Crippen molar-refractivity contribution in [1.82, 2.24) is 10.2 Å². The van der Waals surface area contributed by atoms with Crippen molar-refractivity contribution in [1.29, 1.82) is 0 Å². The second kappa shape index (κ2) is 9.36. The summed E-state index contributed by atoms with van der Waals surface area (Å²) >= 11 is 0. The predicted molar refractivity (Wildman–Crippen MR) is 90.1 cm³/mol. The maximum absolute atomic E-state index is 9.93. The van der Waals surface area contributed by atoms with Crippen LogP contribution in [0.1, 0.15) is 45.4 Å². The highest BCUT2D eigenvalue weighted by Gasteiger charge is 2.25. The average molecular weight is 311 g/mol. The lowest BCUT2D eigenvalue weighted by Crippen LogP contribution is -2.40. The SMILES string of the molecule is CCNC(=NC[C@@H]1CCC[C@@H]1O)N(C)CCC1CCOCC1. The molecule has 0 spiro atoms. The van der Waals surface area contributed by atoms with Crippen molar-refractivity contribution in [2.45, 2.75) is 51.6 Å². The molecule has 2 N–H and O–H groups in total. The summed E-state index contributed by atoms with van der Waals surface area (Å²) in [4.78, 5) is 6.99. The molecule has 0 unspecified atom stereocenters. The van der Waals surface area contributed by atoms with Crippen LogP contribution in [0.4, 0.5) is 0 Å². The Kier molecular flexibility index (Phi) is 7.46. The maximum atomic E-state index is 9.93. The molecule has 0 bridgehead atoms. The third-order valence-corrected chi connectivity index (χ3v) is 5.00. The van der Waals surface area contributed by atoms with E-state index in [0.29, 0.717) is 5.92 Å². The summed E-state index contributed by atoms with van der Waals surface area (Å²) in [5.74, 6) is 2.11. The number of aliphatic imine (C=N–C) groups is 1. The summed E-state index contributed by atoms with van der Waals surface area (Å²) < 4.78 is 5.42. The fourth-order valence-electron chi connectivity index (χ4n) is 3.42. The molecule has 1 aliphatic heterocycles. The summed E-state index contributed by atoms with van der Waals surface area (Å²) in [6.07, 6.45) is 6.62. The minimum Gasteiger partial charge on any atom is -0.393 e. The van der Waals surface area contributed by atoms with Crippen LogP contribution in [0.25, 0.3) is 0 Å². The van der Waals surface area contributed by atoms with Crippen LogP contribution in [0.15, 0.2) is 4.99 Å². The van der Waals surface area contributed by atoms with Gasteiger partial charge in [0.1, 0.15) is 0 Å². The van der Waals surface area contributed by atoms with E-state index in [9.17, 15) is 5.11 Å². The van der Waals surface area contributed by atoms with E-state index in [2.05, 4.69) is 24.2 Å². The summed E-state index contributed by atoms with van der Waals surface area (Å²) in [7, 11) is 2.12. The lowest BCUT2D eigenvalue weighted by atomic mass is 9.96. The molecule has 0 amide bonds. The fourth-order valence-corrected chi connectivity index (χ4v) is 3.42. The number of hydrogen-bond donors (Lipinski definition) is 2. The van der Waals surface area contributed by atoms with Gasteiger partial charge >= 0.3 is 0 Å². The molecule has 2 aliphatic rings. The Labute approximate surface area is 135 Å². The number of rotatable bonds is 6. The Morgan fingerprint density at radius 2 is 2.05 bits per heavy atom. The monoisotopic (exact) mass is 311 g/mol. The second-order valence-electron chi connectivity index (χ2n) is 6.72. The smallest absolute Gasteiger partial charge is 0.193 e. The van der Waals surface area contributed by atoms with Crippen molar-refractivity contribution in [2.75, 3.05) is 39.9 Å². The fraction of sp³-hybridized carbons (Fsp3) is 0.941. The molecular weight excluding hydrogens is 278 g/mol. The van der Waals surface area contributed by atoms with Crippen molar-refractivity contribution < 1.29 is 9.84 Å². The zero-order valence-electron chi connectivity index (χ0n) is 14.3. The molecule has 22 heavy (non-hydrogen) atoms. The van der Waals surface area contributed by atoms with Gasteiger partial charge in [-0.05, 0) is 44.9 Å². The lowest BCUT2D eigenvalue weighted by molar-refractivity contribution is 0.0625. The maximum Gasteiger partial charge on any atom is 0.193 e. The molecule has 1 saturated carbocycles. The van der Waals surface area contributed by atoms with Gasteiger partial charge in [-0.15, -0.1) is 0 Å². The molecule has 2 fully saturated rings. The van der Waals surface area contributed by atoms with Crippen LogP contribution < -0.4 is 5.32 Å². The van der Waals surface area contributed by atoms with Gasteiger partial charge in [0.2, 0.25) is 0 Å². The van der Waals surface area contributed by atoms with E-state index < -0.39 is 0 Å². The minimum absolute atomic E-state index is 0.154. The van der Waals surface area contributed by atoms with Gasteiger partial charge in [0.05, 0.1) is 6.10 Å². The van der Waals surface area contributed by atoms with Crippen LogP contribution in [0.2, 0.25) is 0 Å². The normalized spacial score (nSPS) is 27.1. The topological polar surface area (TPSA) is 57.1 Å². The Morgan fingerprint density at radius 3 is 2.68 bits per heavy atom. The van der Waals surface area contributed by atoms with E-state index in [1.165, 1.54) is 19.3 Å². The molecule has 5 heteroatoms. The van der Waals surface area contributed by atoms with E-state index in [1.807, 2.05) is 0 Å². The van der Waals surface area contributed by atoms with Crippen molar-refractivity contribution in [3.63, 3.8) is 0 Å². The summed E-state index contributed by atoms with van der Waals surface area (Å²) in [5.41, 5.74) is 0. The highest BCUT2D eigenvalue weighted by molar-refractivity contribution is 5.79. The first kappa shape index (κ1) is 17.5. The first-order chi connectivity index (χ1) is 10.7. The zero-order chi connectivity index (χ0) is 15.8. The van der Waals surface area contributed by atoms with Crippen LogP contribution in [-0.2, 0) is 4.74 Å². The van der Waals surface area contributed by atoms with E-state index >= 15 is 0 Å². The molecule has 0 radical (unpaired) electrons. The Morgan fingerprint density at radius 1 is 1.27 bits per heavy atom. The number of ether oxygens (including phenoxy) is 1. The van der Waals surface area contributed by atoms with Crippen LogP contribution in [0.5, 0.6) is 0 Å². The molecule has 1 saturated heterocycles. The summed E-state index contributed by atoms with van der Waals surface area (Å²) in [6.45, 7) is 6.60. The molecule has 1 heterocycles. The molecule has 5 nitrogen and oxygen atoms in total. The van der Waals surface area contributed by atoms with Crippen LogP contribution in [-0.4, -0.2) is 62.0 Å². The third kappa shape index (κ3) is 5.43. The predicted octanol–water partition coefficient (Wildman–Crippen LogP) is 1.86. The van der Waals surface area contributed by atoms with Gasteiger partial charge in [0.25, 0.3) is 0 Å². The van der Waals surface area contributed by atoms with Crippen LogP contribution in [0, 0.1) is 11.8 Å². The minimum atomic E-state index is -0.154. The summed E-state index contributed by atoms with van der Waals surface area (Å²) in [6, 6.07) is 0. The number of nitrogens with one attached hydrogen (secondary N) is 1. The van der Waals surface area contributed by atoms with E-state index in [4.69, 9.17) is 9.73 Å². The number of hydrogen-bond acceptors (Lipinski definition) is 3. The van der Waals surface area contributed by atoms with Gasteiger partial charge in [0, 0.05) is 45.8 Å². The highest BCUT2D eigenvalue weighted by atomic mass is 16.5. The Bertz CT molecular complexity index is 343. The molecule has 1 aliphatic carbocycles. The number of aliphatic hydroxyl groups is 1. The average Bonchev–Trinajstić information content (AvgIpc) is 2.95. The van der Waals surface area contributed by atoms with Crippen LogP contribution >= 0.6 is 0 Å². The number of guanidine groups is 1. The van der Waals surface area contributed by atoms with Gasteiger partial charge in [-0.3, -0.25) is 4.99 Å². The molecule has 0 aromatic carbocycles. The Hall–Kier alpha value is -0.810. The number of aliphatic hydroxyl groups excluding tert-OH is 1. The molecular formula is C17H33N3O2. The largest absolute Gasteiger partial charge is 0.393 e. The first-order valence-corrected chi connectivity index (χ1v) is 8.96. The number of nitrogens with zero attached hydrogens (tertiary/aromatic N) is 2. The molecule has 2 atom stereocenters. The molecule has 128 valence electrons. The van der Waals surface area contributed by atoms with E-state index in [-0.39, 0.29) is 6.10 Å². The zero-order valence-corrected chi connectivity index (χ0v) is 14.3. The quantitative estimate of drug-likeness (QED) is 0.581. The molecule has 0 aromatic heterocycles. The standard InChI is InChI=1S/C17H33N3O2/c1-3-18-17(19-13-15-5-4-6-16(15)21)20(2)10-7-14-8-11-22-12-9-14/h14-16,21H,3-13H2,1-2H3,(H,18,19)/t15-,16-/m0/s1. The van der Waals surface area contributed by atoms with E-state index in [0.717, 1.165) is 64.0 Å². The molecule has 0 aromatic rings. The van der Waals surface area contributed by atoms with Gasteiger partial charge in [-0.25, -0.2) is 0 Å². The van der Waals surface area contributed by atoms with Crippen molar-refractivity contribution in [2.24, 2.45) is 16.8 Å². The first-order valence-electron chi connectivity index (χ1n) is 8.96. The van der Waals surface area contributed by atoms with Crippen LogP contribution in [0.3, 0.4) is 0 Å². The summed E-state index contributed by atoms with van der Waals surface area (Å²) in [5, 5.41) is 13.3. The van der Waals surface area contributed by atoms with Gasteiger partial charge < -0.3 is 20.1 Å². The van der Waals surface area contributed by atoms with Crippen molar-refractivity contribution in [3.05, 3.63) is 0 Å². The third-order valence-electron chi connectivity index (χ3n) is 5.00. The van der Waals surface area contributed by atoms with Gasteiger partial charge in [0.15, 0.2) is 5.96 Å². The second-order valence-corrected chi connectivity index (χ2v) is 6.72. The van der Waals surface area contributed by atoms with Gasteiger partial charge in [-0.2, -0.15) is 0 Å². The molecule has 2 rings (SSSR count). The Balaban J connectivity index is 1.79. The lowest BCUT2D eigenvalue weighted by Gasteiger charge is -2.27. The van der Waals surface area contributed by atoms with Crippen molar-refractivity contribution in [3.8, 4) is 0 Å². The van der Waals surface area contributed by atoms with Crippen molar-refractivity contribution >= 4 is 5.96 Å². The highest BCUT2D eigenvalue weighted by Crippen LogP contribution is 2.25. The van der Waals surface area contributed by atoms with Gasteiger partial charge in [-0.1, -0.05) is 6.42 Å².